The van der Waals surface area contributed by atoms with Crippen molar-refractivity contribution in [3.8, 4) is 17.2 Å². The summed E-state index contributed by atoms with van der Waals surface area (Å²) in [6.45, 7) is 1.90. The molecule has 0 saturated carbocycles. The van der Waals surface area contributed by atoms with E-state index in [2.05, 4.69) is 21.8 Å². The number of carbonyl (C=O) groups is 2. The Balaban J connectivity index is 1.20. The fourth-order valence-corrected chi connectivity index (χ4v) is 6.76. The maximum Gasteiger partial charge on any atom is 0.276 e. The number of fused-ring (bicyclic) bond motifs is 3. The van der Waals surface area contributed by atoms with E-state index in [1.807, 2.05) is 86.8 Å². The van der Waals surface area contributed by atoms with Gasteiger partial charge in [0.05, 0.1) is 43.6 Å². The molecular formula is C40H37N5O5. The van der Waals surface area contributed by atoms with Crippen LogP contribution in [0.4, 0.5) is 11.4 Å². The van der Waals surface area contributed by atoms with Gasteiger partial charge in [-0.2, -0.15) is 5.10 Å². The summed E-state index contributed by atoms with van der Waals surface area (Å²) in [4.78, 5) is 32.5. The average Bonchev–Trinajstić information content (AvgIpc) is 3.47. The first-order chi connectivity index (χ1) is 24.3. The lowest BCUT2D eigenvalue weighted by atomic mass is 9.85. The zero-order valence-electron chi connectivity index (χ0n) is 28.6. The van der Waals surface area contributed by atoms with Gasteiger partial charge in [0.25, 0.3) is 11.8 Å². The Morgan fingerprint density at radius 1 is 0.820 bits per heavy atom. The average molecular weight is 668 g/mol. The van der Waals surface area contributed by atoms with Crippen molar-refractivity contribution in [2.75, 3.05) is 32.0 Å². The highest BCUT2D eigenvalue weighted by atomic mass is 16.5. The number of hydrogen-bond acceptors (Lipinski definition) is 7. The number of rotatable bonds is 8. The smallest absolute Gasteiger partial charge is 0.276 e. The van der Waals surface area contributed by atoms with E-state index >= 15 is 0 Å². The summed E-state index contributed by atoms with van der Waals surface area (Å²) < 4.78 is 18.4. The molecule has 6 aromatic rings. The molecule has 10 heteroatoms. The quantitative estimate of drug-likeness (QED) is 0.170. The number of aryl methyl sites for hydroxylation is 2. The molecule has 0 unspecified atom stereocenters. The number of carbonyl (C=O) groups excluding carboxylic acids is 2. The summed E-state index contributed by atoms with van der Waals surface area (Å²) >= 11 is 0. The van der Waals surface area contributed by atoms with Gasteiger partial charge < -0.3 is 24.8 Å². The molecule has 0 spiro atoms. The second kappa shape index (κ2) is 13.4. The van der Waals surface area contributed by atoms with E-state index in [0.717, 1.165) is 62.6 Å². The fourth-order valence-electron chi connectivity index (χ4n) is 6.76. The number of pyridine rings is 1. The van der Waals surface area contributed by atoms with E-state index in [0.29, 0.717) is 46.3 Å². The van der Waals surface area contributed by atoms with E-state index in [1.165, 1.54) is 0 Å². The van der Waals surface area contributed by atoms with Crippen LogP contribution in [0, 0.1) is 6.92 Å². The Bertz CT molecular complexity index is 2320. The van der Waals surface area contributed by atoms with Crippen LogP contribution in [0.2, 0.25) is 0 Å². The number of ether oxygens (including phenoxy) is 3. The number of methoxy groups -OCH3 is 3. The van der Waals surface area contributed by atoms with Gasteiger partial charge in [-0.3, -0.25) is 14.3 Å². The highest BCUT2D eigenvalue weighted by Crippen LogP contribution is 2.41. The minimum absolute atomic E-state index is 0.214. The van der Waals surface area contributed by atoms with Crippen LogP contribution in [0.15, 0.2) is 78.9 Å². The molecule has 0 atom stereocenters. The Morgan fingerprint density at radius 3 is 2.26 bits per heavy atom. The van der Waals surface area contributed by atoms with E-state index in [4.69, 9.17) is 19.2 Å². The lowest BCUT2D eigenvalue weighted by Gasteiger charge is -2.23. The molecule has 7 rings (SSSR count). The molecule has 0 bridgehead atoms. The highest BCUT2D eigenvalue weighted by molar-refractivity contribution is 6.15. The molecule has 2 N–H and O–H groups in total. The molecule has 252 valence electrons. The minimum Gasteiger partial charge on any atom is -0.493 e. The molecule has 10 nitrogen and oxygen atoms in total. The number of aromatic nitrogens is 3. The predicted molar refractivity (Wildman–Crippen MR) is 196 cm³/mol. The number of amides is 2. The number of para-hydroxylation sites is 2. The largest absolute Gasteiger partial charge is 0.493 e. The van der Waals surface area contributed by atoms with Gasteiger partial charge in [-0.15, -0.1) is 0 Å². The van der Waals surface area contributed by atoms with Crippen molar-refractivity contribution in [1.82, 2.24) is 14.8 Å². The molecule has 2 aromatic heterocycles. The van der Waals surface area contributed by atoms with Gasteiger partial charge in [0.15, 0.2) is 17.2 Å². The maximum atomic E-state index is 14.2. The first-order valence-electron chi connectivity index (χ1n) is 16.4. The topological polar surface area (TPSA) is 117 Å². The monoisotopic (exact) mass is 667 g/mol. The van der Waals surface area contributed by atoms with Crippen molar-refractivity contribution in [2.45, 2.75) is 26.2 Å². The first kappa shape index (κ1) is 32.4. The molecule has 1 aliphatic carbocycles. The van der Waals surface area contributed by atoms with E-state index < -0.39 is 0 Å². The Hall–Kier alpha value is -6.16. The van der Waals surface area contributed by atoms with Gasteiger partial charge in [0.2, 0.25) is 5.75 Å². The summed E-state index contributed by atoms with van der Waals surface area (Å²) in [5, 5.41) is 12.1. The molecular weight excluding hydrogens is 630 g/mol. The van der Waals surface area contributed by atoms with Crippen molar-refractivity contribution in [3.05, 3.63) is 113 Å². The van der Waals surface area contributed by atoms with Gasteiger partial charge in [-0.25, -0.2) is 4.98 Å². The predicted octanol–water partition coefficient (Wildman–Crippen LogP) is 7.84. The Morgan fingerprint density at radius 2 is 1.54 bits per heavy atom. The van der Waals surface area contributed by atoms with Crippen LogP contribution in [0.3, 0.4) is 0 Å². The van der Waals surface area contributed by atoms with Crippen molar-refractivity contribution in [3.63, 3.8) is 0 Å². The molecule has 0 radical (unpaired) electrons. The van der Waals surface area contributed by atoms with Crippen LogP contribution >= 0.6 is 0 Å². The molecule has 2 heterocycles. The summed E-state index contributed by atoms with van der Waals surface area (Å²) in [7, 11) is 6.59. The van der Waals surface area contributed by atoms with Crippen molar-refractivity contribution < 1.29 is 23.8 Å². The number of benzene rings is 4. The first-order valence-corrected chi connectivity index (χ1v) is 16.4. The number of anilines is 2. The molecule has 0 fully saturated rings. The summed E-state index contributed by atoms with van der Waals surface area (Å²) in [5.74, 6) is 1.13. The fraction of sp³-hybridized carbons (Fsp3) is 0.200. The molecule has 1 aliphatic rings. The standard InChI is InChI=1S/C40H37N5O5/c1-23-19-26(41-40(47)37-28-13-7-9-16-32(28)45(2)44-37)17-18-30(23)43-39(46)35-27-12-6-8-15-31(27)42-36-25(11-10-14-29(35)36)20-24-21-33(48-3)38(50-5)34(22-24)49-4/h6-9,12-13,15-22H,10-11,14H2,1-5H3,(H,41,47)(H,43,46)/b25-20-. The maximum absolute atomic E-state index is 14.2. The van der Waals surface area contributed by atoms with Crippen LogP contribution in [0.25, 0.3) is 33.5 Å². The summed E-state index contributed by atoms with van der Waals surface area (Å²) in [6.07, 6.45) is 4.46. The minimum atomic E-state index is -0.303. The number of nitrogens with one attached hydrogen (secondary N) is 2. The Kier molecular flexibility index (Phi) is 8.67. The number of allylic oxidation sites excluding steroid dienone is 1. The van der Waals surface area contributed by atoms with Gasteiger partial charge in [0.1, 0.15) is 0 Å². The number of hydrogen-bond donors (Lipinski definition) is 2. The third-order valence-corrected chi connectivity index (χ3v) is 9.13. The van der Waals surface area contributed by atoms with Gasteiger partial charge in [0, 0.05) is 29.2 Å². The van der Waals surface area contributed by atoms with E-state index in [9.17, 15) is 9.59 Å². The Labute approximate surface area is 289 Å². The van der Waals surface area contributed by atoms with Gasteiger partial charge in [-0.1, -0.05) is 36.4 Å². The van der Waals surface area contributed by atoms with Crippen LogP contribution < -0.4 is 24.8 Å². The number of nitrogens with zero attached hydrogens (tertiary/aromatic N) is 3. The second-order valence-corrected chi connectivity index (χ2v) is 12.2. The molecule has 0 aliphatic heterocycles. The van der Waals surface area contributed by atoms with Gasteiger partial charge in [-0.05, 0) is 97.0 Å². The van der Waals surface area contributed by atoms with E-state index in [-0.39, 0.29) is 11.8 Å². The zero-order chi connectivity index (χ0) is 34.9. The SMILES string of the molecule is COc1cc(/C=C2/CCCc3c2nc2ccccc2c3C(=O)Nc2ccc(NC(=O)c3nn(C)c4ccccc34)cc2C)cc(OC)c1OC. The van der Waals surface area contributed by atoms with Crippen LogP contribution in [-0.2, 0) is 13.5 Å². The van der Waals surface area contributed by atoms with Crippen molar-refractivity contribution in [2.24, 2.45) is 7.05 Å². The third-order valence-electron chi connectivity index (χ3n) is 9.13. The zero-order valence-corrected chi connectivity index (χ0v) is 28.6. The third kappa shape index (κ3) is 5.89. The van der Waals surface area contributed by atoms with E-state index in [1.54, 1.807) is 32.1 Å². The van der Waals surface area contributed by atoms with Crippen molar-refractivity contribution in [1.29, 1.82) is 0 Å². The summed E-state index contributed by atoms with van der Waals surface area (Å²) in [5.41, 5.74) is 8.26. The molecule has 0 saturated heterocycles. The van der Waals surface area contributed by atoms with Gasteiger partial charge >= 0.3 is 0 Å². The van der Waals surface area contributed by atoms with Crippen LogP contribution in [0.5, 0.6) is 17.2 Å². The lowest BCUT2D eigenvalue weighted by molar-refractivity contribution is 0.101. The molecule has 4 aromatic carbocycles. The normalized spacial score (nSPS) is 13.3. The summed E-state index contributed by atoms with van der Waals surface area (Å²) in [6, 6.07) is 24.6. The molecule has 50 heavy (non-hydrogen) atoms. The second-order valence-electron chi connectivity index (χ2n) is 12.2. The molecule has 2 amide bonds. The van der Waals surface area contributed by atoms with Crippen LogP contribution in [0.1, 0.15) is 56.1 Å². The highest BCUT2D eigenvalue weighted by Gasteiger charge is 2.26. The van der Waals surface area contributed by atoms with Crippen molar-refractivity contribution >= 4 is 56.6 Å². The van der Waals surface area contributed by atoms with Crippen LogP contribution in [-0.4, -0.2) is 47.9 Å². The lowest BCUT2D eigenvalue weighted by Crippen LogP contribution is -2.19.